The van der Waals surface area contributed by atoms with E-state index in [0.717, 1.165) is 6.07 Å². The van der Waals surface area contributed by atoms with Gasteiger partial charge in [0.25, 0.3) is 0 Å². The van der Waals surface area contributed by atoms with Crippen molar-refractivity contribution in [1.29, 1.82) is 0 Å². The van der Waals surface area contributed by atoms with Gasteiger partial charge in [0, 0.05) is 17.3 Å². The molecule has 0 saturated carbocycles. The molecule has 21 heavy (non-hydrogen) atoms. The molecule has 0 saturated heterocycles. The van der Waals surface area contributed by atoms with Gasteiger partial charge in [-0.05, 0) is 19.9 Å². The Labute approximate surface area is 123 Å². The number of ether oxygens (including phenoxy) is 1. The maximum absolute atomic E-state index is 13.7. The molecule has 0 radical (unpaired) electrons. The maximum Gasteiger partial charge on any atom is 0.192 e. The second kappa shape index (κ2) is 7.20. The monoisotopic (exact) mass is 297 g/mol. The van der Waals surface area contributed by atoms with Gasteiger partial charge in [-0.3, -0.25) is 4.79 Å². The van der Waals surface area contributed by atoms with Crippen molar-refractivity contribution in [2.45, 2.75) is 40.9 Å². The van der Waals surface area contributed by atoms with E-state index < -0.39 is 12.6 Å². The predicted octanol–water partition coefficient (Wildman–Crippen LogP) is 4.11. The number of nitrogens with zero attached hydrogens (tertiary/aromatic N) is 1. The first-order valence-electron chi connectivity index (χ1n) is 6.85. The molecule has 2 rings (SSSR count). The van der Waals surface area contributed by atoms with Crippen LogP contribution in [0.2, 0.25) is 0 Å². The summed E-state index contributed by atoms with van der Waals surface area (Å²) in [6, 6.07) is 1.13. The van der Waals surface area contributed by atoms with Gasteiger partial charge in [0.05, 0.1) is 18.0 Å². The van der Waals surface area contributed by atoms with E-state index in [0.29, 0.717) is 5.56 Å². The lowest BCUT2D eigenvalue weighted by atomic mass is 10.1. The lowest BCUT2D eigenvalue weighted by Crippen LogP contribution is -2.13. The molecule has 3 nitrogen and oxygen atoms in total. The Morgan fingerprint density at radius 3 is 2.33 bits per heavy atom. The molecule has 0 fully saturated rings. The van der Waals surface area contributed by atoms with E-state index >= 15 is 0 Å². The van der Waals surface area contributed by atoms with Crippen LogP contribution in [0.4, 0.5) is 8.78 Å². The Balaban J connectivity index is 0.000000677. The van der Waals surface area contributed by atoms with Gasteiger partial charge in [-0.1, -0.05) is 20.3 Å². The van der Waals surface area contributed by atoms with Crippen LogP contribution in [-0.4, -0.2) is 11.7 Å². The second-order valence-corrected chi connectivity index (χ2v) is 4.85. The first-order chi connectivity index (χ1) is 9.92. The average Bonchev–Trinajstić information content (AvgIpc) is 2.46. The van der Waals surface area contributed by atoms with Gasteiger partial charge in [0.1, 0.15) is 11.6 Å². The summed E-state index contributed by atoms with van der Waals surface area (Å²) in [5.74, 6) is -0.341. The molecule has 1 aromatic carbocycles. The van der Waals surface area contributed by atoms with Gasteiger partial charge in [0.15, 0.2) is 12.2 Å². The van der Waals surface area contributed by atoms with Gasteiger partial charge in [0.2, 0.25) is 0 Å². The third-order valence-corrected chi connectivity index (χ3v) is 3.01. The van der Waals surface area contributed by atoms with Gasteiger partial charge in [-0.15, -0.1) is 0 Å². The Hall–Kier alpha value is -1.91. The lowest BCUT2D eigenvalue weighted by molar-refractivity contribution is 0.373. The Kier molecular flexibility index (Phi) is 5.88. The molecule has 5 heteroatoms. The molecule has 2 aromatic rings. The minimum Gasteiger partial charge on any atom is -0.494 e. The highest BCUT2D eigenvalue weighted by atomic mass is 19.1. The van der Waals surface area contributed by atoms with E-state index in [1.807, 2.05) is 0 Å². The van der Waals surface area contributed by atoms with Crippen molar-refractivity contribution >= 4 is 10.9 Å². The Morgan fingerprint density at radius 2 is 1.86 bits per heavy atom. The Morgan fingerprint density at radius 1 is 1.29 bits per heavy atom. The van der Waals surface area contributed by atoms with E-state index in [1.165, 1.54) is 31.2 Å². The zero-order valence-corrected chi connectivity index (χ0v) is 13.1. The zero-order valence-electron chi connectivity index (χ0n) is 13.1. The van der Waals surface area contributed by atoms with Gasteiger partial charge < -0.3 is 9.30 Å². The van der Waals surface area contributed by atoms with Crippen molar-refractivity contribution in [3.63, 3.8) is 0 Å². The number of pyridine rings is 1. The number of aryl methyl sites for hydroxylation is 1. The Bertz CT molecular complexity index is 693. The summed E-state index contributed by atoms with van der Waals surface area (Å²) >= 11 is 0. The molecule has 0 N–H and O–H groups in total. The van der Waals surface area contributed by atoms with E-state index in [2.05, 4.69) is 13.8 Å². The van der Waals surface area contributed by atoms with Crippen LogP contribution in [0.3, 0.4) is 0 Å². The number of methoxy groups -OCH3 is 1. The van der Waals surface area contributed by atoms with E-state index in [-0.39, 0.29) is 27.6 Å². The number of alkyl halides is 1. The minimum absolute atomic E-state index is 0.132. The molecule has 0 spiro atoms. The second-order valence-electron chi connectivity index (χ2n) is 4.85. The number of rotatable bonds is 2. The molecule has 0 unspecified atom stereocenters. The number of hydrogen-bond acceptors (Lipinski definition) is 2. The first-order valence-corrected chi connectivity index (χ1v) is 6.85. The molecule has 116 valence electrons. The average molecular weight is 297 g/mol. The van der Waals surface area contributed by atoms with Gasteiger partial charge >= 0.3 is 0 Å². The highest BCUT2D eigenvalue weighted by molar-refractivity contribution is 5.87. The minimum atomic E-state index is -0.806. The third kappa shape index (κ3) is 3.23. The molecular formula is C16H21F2NO2. The van der Waals surface area contributed by atoms with Crippen LogP contribution in [0.5, 0.6) is 5.75 Å². The highest BCUT2D eigenvalue weighted by Gasteiger charge is 2.16. The molecule has 1 aromatic heterocycles. The van der Waals surface area contributed by atoms with Crippen LogP contribution < -0.4 is 10.2 Å². The lowest BCUT2D eigenvalue weighted by Gasteiger charge is -2.14. The van der Waals surface area contributed by atoms with Crippen LogP contribution in [0.1, 0.15) is 31.4 Å². The molecule has 1 heterocycles. The predicted molar refractivity (Wildman–Crippen MR) is 81.3 cm³/mol. The summed E-state index contributed by atoms with van der Waals surface area (Å²) in [6.07, 6.45) is 2.66. The summed E-state index contributed by atoms with van der Waals surface area (Å²) in [5, 5.41) is 0.132. The largest absolute Gasteiger partial charge is 0.494 e. The third-order valence-electron chi connectivity index (χ3n) is 3.01. The number of halogens is 2. The van der Waals surface area contributed by atoms with Crippen LogP contribution in [0.25, 0.3) is 10.9 Å². The van der Waals surface area contributed by atoms with Crippen LogP contribution in [-0.2, 0) is 6.80 Å². The van der Waals surface area contributed by atoms with Crippen molar-refractivity contribution in [1.82, 2.24) is 4.57 Å². The standard InChI is InChI=1S/C13H13F2NO2.C3H8/c1-7-5-16(6-14)11-9(12(7)17)4-10(15)8(2)13(11)18-3;1-3-2/h4-5H,6H2,1-3H3;3H2,1-2H3. The first kappa shape index (κ1) is 17.1. The molecular weight excluding hydrogens is 276 g/mol. The van der Waals surface area contributed by atoms with Crippen LogP contribution in [0.15, 0.2) is 17.1 Å². The summed E-state index contributed by atoms with van der Waals surface area (Å²) in [5.41, 5.74) is 0.599. The topological polar surface area (TPSA) is 31.2 Å². The quantitative estimate of drug-likeness (QED) is 0.835. The molecule has 0 amide bonds. The molecule has 0 aliphatic heterocycles. The van der Waals surface area contributed by atoms with E-state index in [1.54, 1.807) is 6.92 Å². The normalized spacial score (nSPS) is 10.2. The van der Waals surface area contributed by atoms with E-state index in [4.69, 9.17) is 4.74 Å². The van der Waals surface area contributed by atoms with Gasteiger partial charge in [-0.2, -0.15) is 0 Å². The molecule has 0 bridgehead atoms. The van der Waals surface area contributed by atoms with Crippen LogP contribution in [0, 0.1) is 19.7 Å². The van der Waals surface area contributed by atoms with Crippen molar-refractivity contribution in [3.8, 4) is 5.75 Å². The van der Waals surface area contributed by atoms with Crippen molar-refractivity contribution in [2.75, 3.05) is 7.11 Å². The summed E-state index contributed by atoms with van der Waals surface area (Å²) in [6.45, 7) is 6.54. The van der Waals surface area contributed by atoms with Crippen LogP contribution >= 0.6 is 0 Å². The number of benzene rings is 1. The zero-order chi connectivity index (χ0) is 16.2. The fourth-order valence-corrected chi connectivity index (χ4v) is 2.08. The molecule has 0 atom stereocenters. The van der Waals surface area contributed by atoms with Crippen molar-refractivity contribution in [2.24, 2.45) is 0 Å². The molecule has 0 aliphatic carbocycles. The SMILES string of the molecule is CCC.COc1c(C)c(F)cc2c(=O)c(C)cn(CF)c12. The van der Waals surface area contributed by atoms with Gasteiger partial charge in [-0.25, -0.2) is 8.78 Å². The van der Waals surface area contributed by atoms with Crippen molar-refractivity contribution < 1.29 is 13.5 Å². The fourth-order valence-electron chi connectivity index (χ4n) is 2.08. The van der Waals surface area contributed by atoms with E-state index in [9.17, 15) is 13.6 Å². The summed E-state index contributed by atoms with van der Waals surface area (Å²) in [4.78, 5) is 12.0. The number of fused-ring (bicyclic) bond motifs is 1. The summed E-state index contributed by atoms with van der Waals surface area (Å²) in [7, 11) is 1.37. The number of hydrogen-bond donors (Lipinski definition) is 0. The summed E-state index contributed by atoms with van der Waals surface area (Å²) < 4.78 is 33.1. The molecule has 0 aliphatic rings. The highest BCUT2D eigenvalue weighted by Crippen LogP contribution is 2.30. The fraction of sp³-hybridized carbons (Fsp3) is 0.438. The smallest absolute Gasteiger partial charge is 0.192 e. The van der Waals surface area contributed by atoms with Crippen molar-refractivity contribution in [3.05, 3.63) is 39.4 Å². The maximum atomic E-state index is 13.7. The number of aromatic nitrogens is 1.